The molecule has 16 heteroatoms. The number of hydrogen-bond donors (Lipinski definition) is 3. The number of carboxylic acid groups (broad SMARTS) is 1. The van der Waals surface area contributed by atoms with Gasteiger partial charge in [0, 0.05) is 25.6 Å². The Balaban J connectivity index is 1.77. The smallest absolute Gasteiger partial charge is 0.481 e. The Morgan fingerprint density at radius 3 is 2.37 bits per heavy atom. The molecule has 0 saturated carbocycles. The van der Waals surface area contributed by atoms with E-state index in [0.29, 0.717) is 5.69 Å². The molecule has 43 heavy (non-hydrogen) atoms. The number of carboxylic acids is 1. The molecule has 3 N–H and O–H groups in total. The van der Waals surface area contributed by atoms with Crippen molar-refractivity contribution in [2.75, 3.05) is 46.5 Å². The van der Waals surface area contributed by atoms with Crippen LogP contribution in [-0.2, 0) is 28.7 Å². The molecule has 1 unspecified atom stereocenters. The number of para-hydroxylation sites is 1. The third-order valence-electron chi connectivity index (χ3n) is 6.30. The van der Waals surface area contributed by atoms with E-state index in [0.717, 1.165) is 7.11 Å². The largest absolute Gasteiger partial charge is 0.527 e. The van der Waals surface area contributed by atoms with Crippen LogP contribution in [0.3, 0.4) is 0 Å². The number of ether oxygens (including phenoxy) is 3. The molecule has 0 spiro atoms. The van der Waals surface area contributed by atoms with Gasteiger partial charge in [0.1, 0.15) is 12.6 Å². The third-order valence-corrected chi connectivity index (χ3v) is 6.30. The number of aliphatic carboxylic acids is 1. The number of rotatable bonds is 13. The summed E-state index contributed by atoms with van der Waals surface area (Å²) in [7, 11) is 1.12. The highest BCUT2D eigenvalue weighted by Crippen LogP contribution is 2.22. The Hall–Kier alpha value is -4.70. The van der Waals surface area contributed by atoms with Gasteiger partial charge in [-0.25, -0.2) is 14.3 Å². The van der Waals surface area contributed by atoms with Gasteiger partial charge in [0.25, 0.3) is 5.91 Å². The second-order valence-corrected chi connectivity index (χ2v) is 9.66. The van der Waals surface area contributed by atoms with Crippen LogP contribution in [0.2, 0.25) is 0 Å². The first-order valence-corrected chi connectivity index (χ1v) is 13.4. The van der Waals surface area contributed by atoms with Crippen LogP contribution < -0.4 is 10.1 Å². The zero-order chi connectivity index (χ0) is 31.6. The Morgan fingerprint density at radius 1 is 1.09 bits per heavy atom. The predicted molar refractivity (Wildman–Crippen MR) is 146 cm³/mol. The lowest BCUT2D eigenvalue weighted by atomic mass is 10.1. The molecule has 2 aromatic rings. The van der Waals surface area contributed by atoms with Gasteiger partial charge in [-0.2, -0.15) is 5.10 Å². The number of nitrogens with zero attached hydrogens (tertiary/aromatic N) is 4. The van der Waals surface area contributed by atoms with Crippen molar-refractivity contribution in [2.24, 2.45) is 0 Å². The number of aliphatic hydroxyl groups is 1. The SMILES string of the molecule is CCOC(=O)ON1CCN(C(=O)C(CCC(=O)O)NC(=O)c2cc(OC[C@](C)(O)C(=O)OC)n(-c3ccccc3)n2)CC1. The number of benzene rings is 1. The summed E-state index contributed by atoms with van der Waals surface area (Å²) >= 11 is 0. The highest BCUT2D eigenvalue weighted by Gasteiger charge is 2.34. The van der Waals surface area contributed by atoms with Gasteiger partial charge in [0.2, 0.25) is 11.8 Å². The van der Waals surface area contributed by atoms with Crippen molar-refractivity contribution < 1.29 is 53.2 Å². The number of esters is 1. The van der Waals surface area contributed by atoms with Crippen LogP contribution in [0.25, 0.3) is 5.69 Å². The molecule has 16 nitrogen and oxygen atoms in total. The molecule has 0 radical (unpaired) electrons. The number of hydrogen-bond acceptors (Lipinski definition) is 12. The molecule has 1 aromatic heterocycles. The zero-order valence-corrected chi connectivity index (χ0v) is 24.1. The maximum Gasteiger partial charge on any atom is 0.527 e. The first-order chi connectivity index (χ1) is 20.4. The van der Waals surface area contributed by atoms with E-state index >= 15 is 0 Å². The monoisotopic (exact) mass is 605 g/mol. The summed E-state index contributed by atoms with van der Waals surface area (Å²) in [5, 5.41) is 27.8. The molecule has 2 heterocycles. The first kappa shape index (κ1) is 32.8. The molecular formula is C27H35N5O11. The van der Waals surface area contributed by atoms with Crippen LogP contribution in [-0.4, -0.2) is 118 Å². The molecule has 2 atom stereocenters. The Morgan fingerprint density at radius 2 is 1.77 bits per heavy atom. The maximum absolute atomic E-state index is 13.4. The number of nitrogens with one attached hydrogen (secondary N) is 1. The molecule has 0 bridgehead atoms. The van der Waals surface area contributed by atoms with E-state index in [1.165, 1.54) is 27.6 Å². The molecule has 1 aliphatic heterocycles. The van der Waals surface area contributed by atoms with E-state index in [4.69, 9.17) is 14.3 Å². The highest BCUT2D eigenvalue weighted by atomic mass is 16.8. The Bertz CT molecular complexity index is 1290. The van der Waals surface area contributed by atoms with Gasteiger partial charge in [-0.15, -0.1) is 5.06 Å². The van der Waals surface area contributed by atoms with E-state index in [9.17, 15) is 34.2 Å². The fourth-order valence-electron chi connectivity index (χ4n) is 4.05. The Kier molecular flexibility index (Phi) is 11.4. The minimum absolute atomic E-state index is 0.00617. The van der Waals surface area contributed by atoms with E-state index in [1.807, 2.05) is 0 Å². The Labute approximate surface area is 247 Å². The minimum atomic E-state index is -2.00. The lowest BCUT2D eigenvalue weighted by Gasteiger charge is -2.35. The summed E-state index contributed by atoms with van der Waals surface area (Å²) in [5.41, 5.74) is -1.67. The first-order valence-electron chi connectivity index (χ1n) is 13.4. The van der Waals surface area contributed by atoms with Crippen molar-refractivity contribution in [1.29, 1.82) is 0 Å². The summed E-state index contributed by atoms with van der Waals surface area (Å²) in [6.45, 7) is 3.13. The molecule has 3 rings (SSSR count). The van der Waals surface area contributed by atoms with Crippen LogP contribution in [0.1, 0.15) is 37.2 Å². The predicted octanol–water partition coefficient (Wildman–Crippen LogP) is 0.371. The number of methoxy groups -OCH3 is 1. The number of aromatic nitrogens is 2. The molecule has 2 amide bonds. The van der Waals surface area contributed by atoms with Gasteiger partial charge in [0.05, 0.1) is 32.5 Å². The van der Waals surface area contributed by atoms with E-state index in [2.05, 4.69) is 15.2 Å². The standard InChI is InChI=1S/C27H35N5O11/c1-4-41-26(38)43-31-14-12-30(13-15-31)24(36)19(10-11-22(33)34)28-23(35)20-16-21(42-17-27(2,39)25(37)40-3)32(29-20)18-8-6-5-7-9-18/h5-9,16,19,39H,4,10-15,17H2,1-3H3,(H,28,35)(H,33,34)/t19?,27-/m0/s1. The zero-order valence-electron chi connectivity index (χ0n) is 24.1. The topological polar surface area (TPSA) is 199 Å². The van der Waals surface area contributed by atoms with Gasteiger partial charge in [-0.1, -0.05) is 18.2 Å². The molecule has 1 saturated heterocycles. The van der Waals surface area contributed by atoms with Gasteiger partial charge in [-0.3, -0.25) is 14.4 Å². The fourth-order valence-corrected chi connectivity index (χ4v) is 4.05. The van der Waals surface area contributed by atoms with Crippen molar-refractivity contribution in [1.82, 2.24) is 25.1 Å². The van der Waals surface area contributed by atoms with Crippen LogP contribution in [0.15, 0.2) is 36.4 Å². The second-order valence-electron chi connectivity index (χ2n) is 9.66. The van der Waals surface area contributed by atoms with Crippen LogP contribution in [0.5, 0.6) is 5.88 Å². The summed E-state index contributed by atoms with van der Waals surface area (Å²) in [6.07, 6.45) is -1.44. The maximum atomic E-state index is 13.4. The summed E-state index contributed by atoms with van der Waals surface area (Å²) in [4.78, 5) is 67.9. The normalized spacial score (nSPS) is 15.5. The number of hydroxylamine groups is 2. The summed E-state index contributed by atoms with van der Waals surface area (Å²) < 4.78 is 16.3. The summed E-state index contributed by atoms with van der Waals surface area (Å²) in [6, 6.07) is 8.65. The van der Waals surface area contributed by atoms with Crippen LogP contribution in [0, 0.1) is 0 Å². The van der Waals surface area contributed by atoms with Crippen LogP contribution in [0.4, 0.5) is 4.79 Å². The molecular weight excluding hydrogens is 570 g/mol. The lowest BCUT2D eigenvalue weighted by Crippen LogP contribution is -2.55. The van der Waals surface area contributed by atoms with Crippen LogP contribution >= 0.6 is 0 Å². The van der Waals surface area contributed by atoms with Crippen molar-refractivity contribution in [2.45, 2.75) is 38.3 Å². The average Bonchev–Trinajstić information content (AvgIpc) is 3.43. The minimum Gasteiger partial charge on any atom is -0.481 e. The molecule has 1 aliphatic rings. The molecule has 234 valence electrons. The van der Waals surface area contributed by atoms with Crippen molar-refractivity contribution in [3.63, 3.8) is 0 Å². The van der Waals surface area contributed by atoms with Gasteiger partial charge < -0.3 is 39.5 Å². The van der Waals surface area contributed by atoms with Crippen molar-refractivity contribution in [3.8, 4) is 11.6 Å². The molecule has 1 aromatic carbocycles. The van der Waals surface area contributed by atoms with Crippen molar-refractivity contribution in [3.05, 3.63) is 42.1 Å². The van der Waals surface area contributed by atoms with E-state index < -0.39 is 54.6 Å². The van der Waals surface area contributed by atoms with E-state index in [-0.39, 0.29) is 50.8 Å². The quantitative estimate of drug-likeness (QED) is 0.265. The number of carbonyl (C=O) groups is 5. The lowest BCUT2D eigenvalue weighted by molar-refractivity contribution is -0.163. The molecule has 0 aliphatic carbocycles. The van der Waals surface area contributed by atoms with Gasteiger partial charge in [0.15, 0.2) is 11.3 Å². The average molecular weight is 606 g/mol. The van der Waals surface area contributed by atoms with Crippen molar-refractivity contribution >= 4 is 29.9 Å². The third kappa shape index (κ3) is 9.14. The second kappa shape index (κ2) is 15.0. The number of piperazine rings is 1. The fraction of sp³-hybridized carbons (Fsp3) is 0.481. The van der Waals surface area contributed by atoms with Gasteiger partial charge in [-0.05, 0) is 32.4 Å². The number of carbonyl (C=O) groups excluding carboxylic acids is 4. The number of amides is 2. The molecule has 1 fully saturated rings. The summed E-state index contributed by atoms with van der Waals surface area (Å²) in [5.74, 6) is -3.37. The highest BCUT2D eigenvalue weighted by molar-refractivity contribution is 5.96. The van der Waals surface area contributed by atoms with Gasteiger partial charge >= 0.3 is 18.1 Å². The van der Waals surface area contributed by atoms with E-state index in [1.54, 1.807) is 37.3 Å².